The van der Waals surface area contributed by atoms with Gasteiger partial charge in [0.1, 0.15) is 6.10 Å². The molecule has 4 nitrogen and oxygen atoms in total. The zero-order valence-corrected chi connectivity index (χ0v) is 9.72. The first-order valence-corrected chi connectivity index (χ1v) is 5.39. The predicted octanol–water partition coefficient (Wildman–Crippen LogP) is 1.17. The Morgan fingerprint density at radius 3 is 2.44 bits per heavy atom. The van der Waals surface area contributed by atoms with E-state index in [1.165, 1.54) is 0 Å². The number of methoxy groups -OCH3 is 1. The highest BCUT2D eigenvalue weighted by Gasteiger charge is 2.18. The van der Waals surface area contributed by atoms with E-state index in [1.54, 1.807) is 19.2 Å². The van der Waals surface area contributed by atoms with Gasteiger partial charge in [-0.25, -0.2) is 0 Å². The molecule has 0 aromatic heterocycles. The molecule has 0 spiro atoms. The summed E-state index contributed by atoms with van der Waals surface area (Å²) in [5.41, 5.74) is 5.84. The molecule has 1 rings (SSSR count). The summed E-state index contributed by atoms with van der Waals surface area (Å²) < 4.78 is 10.8. The smallest absolute Gasteiger partial charge is 0.161 e. The standard InChI is InChI=1S/C12H19NO3/c1-3-9(13)12(8-14)16-11-7-5-4-6-10(11)15-2/h4-7,9,12,14H,3,8,13H2,1-2H3. The number of hydrogen-bond acceptors (Lipinski definition) is 4. The van der Waals surface area contributed by atoms with Crippen molar-refractivity contribution in [3.63, 3.8) is 0 Å². The molecule has 0 saturated carbocycles. The molecule has 0 aliphatic carbocycles. The van der Waals surface area contributed by atoms with Crippen LogP contribution >= 0.6 is 0 Å². The normalized spacial score (nSPS) is 14.2. The second-order valence-corrected chi connectivity index (χ2v) is 3.56. The predicted molar refractivity (Wildman–Crippen MR) is 62.8 cm³/mol. The molecule has 4 heteroatoms. The van der Waals surface area contributed by atoms with Crippen molar-refractivity contribution in [1.82, 2.24) is 0 Å². The van der Waals surface area contributed by atoms with Gasteiger partial charge in [-0.2, -0.15) is 0 Å². The summed E-state index contributed by atoms with van der Waals surface area (Å²) in [7, 11) is 1.58. The van der Waals surface area contributed by atoms with E-state index in [0.717, 1.165) is 6.42 Å². The van der Waals surface area contributed by atoms with E-state index in [4.69, 9.17) is 15.2 Å². The summed E-state index contributed by atoms with van der Waals surface area (Å²) in [4.78, 5) is 0. The molecule has 2 unspecified atom stereocenters. The van der Waals surface area contributed by atoms with Gasteiger partial charge in [-0.05, 0) is 18.6 Å². The van der Waals surface area contributed by atoms with Crippen LogP contribution in [-0.2, 0) is 0 Å². The van der Waals surface area contributed by atoms with Gasteiger partial charge < -0.3 is 20.3 Å². The zero-order valence-electron chi connectivity index (χ0n) is 9.72. The van der Waals surface area contributed by atoms with Crippen LogP contribution in [0.3, 0.4) is 0 Å². The first-order valence-electron chi connectivity index (χ1n) is 5.39. The number of aliphatic hydroxyl groups is 1. The first kappa shape index (κ1) is 12.8. The topological polar surface area (TPSA) is 64.7 Å². The largest absolute Gasteiger partial charge is 0.493 e. The molecule has 0 aliphatic rings. The van der Waals surface area contributed by atoms with Crippen LogP contribution < -0.4 is 15.2 Å². The lowest BCUT2D eigenvalue weighted by Gasteiger charge is -2.23. The lowest BCUT2D eigenvalue weighted by Crippen LogP contribution is -2.41. The molecule has 0 saturated heterocycles. The Kier molecular flexibility index (Phi) is 5.08. The van der Waals surface area contributed by atoms with Gasteiger partial charge in [0.05, 0.1) is 13.7 Å². The summed E-state index contributed by atoms with van der Waals surface area (Å²) in [5, 5.41) is 9.21. The van der Waals surface area contributed by atoms with E-state index in [-0.39, 0.29) is 12.6 Å². The van der Waals surface area contributed by atoms with Crippen molar-refractivity contribution < 1.29 is 14.6 Å². The fourth-order valence-corrected chi connectivity index (χ4v) is 1.40. The summed E-state index contributed by atoms with van der Waals surface area (Å²) >= 11 is 0. The molecule has 3 N–H and O–H groups in total. The minimum atomic E-state index is -0.402. The minimum Gasteiger partial charge on any atom is -0.493 e. The van der Waals surface area contributed by atoms with Crippen LogP contribution in [0.5, 0.6) is 11.5 Å². The van der Waals surface area contributed by atoms with Gasteiger partial charge in [-0.1, -0.05) is 19.1 Å². The van der Waals surface area contributed by atoms with Crippen LogP contribution in [0.1, 0.15) is 13.3 Å². The van der Waals surface area contributed by atoms with Gasteiger partial charge in [0.25, 0.3) is 0 Å². The average molecular weight is 225 g/mol. The molecule has 0 aliphatic heterocycles. The van der Waals surface area contributed by atoms with Crippen molar-refractivity contribution in [2.45, 2.75) is 25.5 Å². The van der Waals surface area contributed by atoms with Crippen LogP contribution in [0.4, 0.5) is 0 Å². The number of para-hydroxylation sites is 2. The van der Waals surface area contributed by atoms with Crippen LogP contribution in [0.25, 0.3) is 0 Å². The molecule has 16 heavy (non-hydrogen) atoms. The Labute approximate surface area is 96.0 Å². The third-order valence-corrected chi connectivity index (χ3v) is 2.48. The maximum Gasteiger partial charge on any atom is 0.161 e. The van der Waals surface area contributed by atoms with Crippen LogP contribution in [-0.4, -0.2) is 31.0 Å². The second kappa shape index (κ2) is 6.35. The van der Waals surface area contributed by atoms with Crippen molar-refractivity contribution in [2.24, 2.45) is 5.73 Å². The number of nitrogens with two attached hydrogens (primary N) is 1. The average Bonchev–Trinajstić information content (AvgIpc) is 2.35. The highest BCUT2D eigenvalue weighted by atomic mass is 16.5. The molecule has 0 heterocycles. The van der Waals surface area contributed by atoms with E-state index in [0.29, 0.717) is 11.5 Å². The van der Waals surface area contributed by atoms with E-state index >= 15 is 0 Å². The van der Waals surface area contributed by atoms with Crippen molar-refractivity contribution in [2.75, 3.05) is 13.7 Å². The summed E-state index contributed by atoms with van der Waals surface area (Å²) in [5.74, 6) is 1.25. The van der Waals surface area contributed by atoms with E-state index < -0.39 is 6.10 Å². The van der Waals surface area contributed by atoms with Gasteiger partial charge in [-0.3, -0.25) is 0 Å². The molecule has 1 aromatic rings. The number of rotatable bonds is 6. The van der Waals surface area contributed by atoms with Gasteiger partial charge in [-0.15, -0.1) is 0 Å². The van der Waals surface area contributed by atoms with E-state index in [1.807, 2.05) is 19.1 Å². The Morgan fingerprint density at radius 1 is 1.31 bits per heavy atom. The molecular formula is C12H19NO3. The lowest BCUT2D eigenvalue weighted by molar-refractivity contribution is 0.0905. The van der Waals surface area contributed by atoms with Crippen LogP contribution in [0.2, 0.25) is 0 Å². The summed E-state index contributed by atoms with van der Waals surface area (Å²) in [6, 6.07) is 7.13. The summed E-state index contributed by atoms with van der Waals surface area (Å²) in [6.07, 6.45) is 0.349. The maximum atomic E-state index is 9.21. The molecule has 1 aromatic carbocycles. The fourth-order valence-electron chi connectivity index (χ4n) is 1.40. The minimum absolute atomic E-state index is 0.104. The molecule has 90 valence electrons. The Hall–Kier alpha value is -1.26. The number of benzene rings is 1. The third-order valence-electron chi connectivity index (χ3n) is 2.48. The Bertz CT molecular complexity index is 317. The lowest BCUT2D eigenvalue weighted by atomic mass is 10.1. The number of hydrogen-bond donors (Lipinski definition) is 2. The van der Waals surface area contributed by atoms with Crippen molar-refractivity contribution >= 4 is 0 Å². The molecule has 0 radical (unpaired) electrons. The SMILES string of the molecule is CCC(N)C(CO)Oc1ccccc1OC. The van der Waals surface area contributed by atoms with Crippen molar-refractivity contribution in [1.29, 1.82) is 0 Å². The Balaban J connectivity index is 2.77. The molecular weight excluding hydrogens is 206 g/mol. The van der Waals surface area contributed by atoms with Crippen molar-refractivity contribution in [3.05, 3.63) is 24.3 Å². The van der Waals surface area contributed by atoms with Gasteiger partial charge in [0.2, 0.25) is 0 Å². The Morgan fingerprint density at radius 2 is 1.94 bits per heavy atom. The number of ether oxygens (including phenoxy) is 2. The first-order chi connectivity index (χ1) is 7.72. The zero-order chi connectivity index (χ0) is 12.0. The van der Waals surface area contributed by atoms with Crippen LogP contribution in [0.15, 0.2) is 24.3 Å². The highest BCUT2D eigenvalue weighted by molar-refractivity contribution is 5.39. The van der Waals surface area contributed by atoms with E-state index in [9.17, 15) is 5.11 Å². The summed E-state index contributed by atoms with van der Waals surface area (Å²) in [6.45, 7) is 1.85. The second-order valence-electron chi connectivity index (χ2n) is 3.56. The monoisotopic (exact) mass is 225 g/mol. The number of aliphatic hydroxyl groups excluding tert-OH is 1. The quantitative estimate of drug-likeness (QED) is 0.763. The van der Waals surface area contributed by atoms with E-state index in [2.05, 4.69) is 0 Å². The molecule has 0 fully saturated rings. The molecule has 2 atom stereocenters. The van der Waals surface area contributed by atoms with Crippen LogP contribution in [0, 0.1) is 0 Å². The highest BCUT2D eigenvalue weighted by Crippen LogP contribution is 2.27. The molecule has 0 amide bonds. The molecule has 0 bridgehead atoms. The van der Waals surface area contributed by atoms with Gasteiger partial charge in [0.15, 0.2) is 11.5 Å². The van der Waals surface area contributed by atoms with Gasteiger partial charge in [0, 0.05) is 6.04 Å². The maximum absolute atomic E-state index is 9.21. The fraction of sp³-hybridized carbons (Fsp3) is 0.500. The van der Waals surface area contributed by atoms with Gasteiger partial charge >= 0.3 is 0 Å². The van der Waals surface area contributed by atoms with Crippen molar-refractivity contribution in [3.8, 4) is 11.5 Å². The third kappa shape index (κ3) is 3.12.